The van der Waals surface area contributed by atoms with Gasteiger partial charge in [-0.3, -0.25) is 9.59 Å². The summed E-state index contributed by atoms with van der Waals surface area (Å²) < 4.78 is 30.7. The average Bonchev–Trinajstić information content (AvgIpc) is 3.63. The van der Waals surface area contributed by atoms with E-state index in [1.54, 1.807) is 68.6 Å². The molecular formula is C40H40BBrF2N8O6. The molecule has 0 saturated heterocycles. The van der Waals surface area contributed by atoms with E-state index < -0.39 is 30.8 Å². The Labute approximate surface area is 342 Å². The number of carbonyl (C=O) groups is 2. The first-order chi connectivity index (χ1) is 27.7. The molecule has 0 aliphatic heterocycles. The van der Waals surface area contributed by atoms with Crippen LogP contribution >= 0.6 is 15.9 Å². The monoisotopic (exact) mass is 856 g/mol. The molecule has 18 heteroatoms. The van der Waals surface area contributed by atoms with Gasteiger partial charge in [-0.25, -0.2) is 9.36 Å². The first-order valence-corrected chi connectivity index (χ1v) is 18.1. The standard InChI is InChI=1S/C20H19FN4O2.C12H11BrFN3O.C8H10BNO3/c1-13-18(19(21)25(2)24-13)20(26)23-17-7-5-4-6-16(17)15-10-8-14(9-11-15)12-22-27-3;1-7-10(11(14)17(2)16-7)12(18)15-9-6-4-3-5-8(9)13;1-13-10-6-7-2-4-8(5-3-7)9(11)12/h4-12H,1-3H3,(H,23,26);3-6H,1-2H3,(H,15,18);2-6,11-12H,1H3/b22-12+;;10-6+. The predicted molar refractivity (Wildman–Crippen MR) is 223 cm³/mol. The second-order valence-corrected chi connectivity index (χ2v) is 13.0. The largest absolute Gasteiger partial charge is 0.488 e. The van der Waals surface area contributed by atoms with Crippen LogP contribution in [-0.2, 0) is 23.8 Å². The fraction of sp³-hybridized carbons (Fsp3) is 0.150. The van der Waals surface area contributed by atoms with Gasteiger partial charge in [0.15, 0.2) is 0 Å². The van der Waals surface area contributed by atoms with E-state index in [1.807, 2.05) is 48.5 Å². The maximum atomic E-state index is 14.2. The van der Waals surface area contributed by atoms with E-state index in [0.717, 1.165) is 36.1 Å². The van der Waals surface area contributed by atoms with Gasteiger partial charge in [-0.05, 0) is 70.1 Å². The van der Waals surface area contributed by atoms with Gasteiger partial charge in [-0.1, -0.05) is 89.2 Å². The number of rotatable bonds is 10. The van der Waals surface area contributed by atoms with Gasteiger partial charge in [-0.2, -0.15) is 19.0 Å². The Hall–Kier alpha value is -6.50. The lowest BCUT2D eigenvalue weighted by Crippen LogP contribution is -2.29. The Bertz CT molecular complexity index is 2390. The number of anilines is 2. The fourth-order valence-electron chi connectivity index (χ4n) is 5.28. The maximum Gasteiger partial charge on any atom is 0.488 e. The Kier molecular flexibility index (Phi) is 16.1. The Morgan fingerprint density at radius 1 is 0.707 bits per heavy atom. The van der Waals surface area contributed by atoms with E-state index >= 15 is 0 Å². The van der Waals surface area contributed by atoms with Gasteiger partial charge in [-0.15, -0.1) is 0 Å². The first-order valence-electron chi connectivity index (χ1n) is 17.3. The molecule has 58 heavy (non-hydrogen) atoms. The third kappa shape index (κ3) is 11.8. The van der Waals surface area contributed by atoms with Crippen LogP contribution in [0.25, 0.3) is 11.1 Å². The molecular weight excluding hydrogens is 817 g/mol. The summed E-state index contributed by atoms with van der Waals surface area (Å²) in [6.45, 7) is 3.20. The molecule has 2 amide bonds. The molecule has 0 fully saturated rings. The van der Waals surface area contributed by atoms with Crippen molar-refractivity contribution in [2.75, 3.05) is 24.9 Å². The number of hydrogen-bond donors (Lipinski definition) is 4. The summed E-state index contributed by atoms with van der Waals surface area (Å²) in [6.07, 6.45) is 3.14. The van der Waals surface area contributed by atoms with Crippen molar-refractivity contribution in [2.24, 2.45) is 24.4 Å². The summed E-state index contributed by atoms with van der Waals surface area (Å²) in [7, 11) is 4.44. The van der Waals surface area contributed by atoms with Gasteiger partial charge in [0, 0.05) is 29.8 Å². The highest BCUT2D eigenvalue weighted by Crippen LogP contribution is 2.29. The topological polar surface area (TPSA) is 177 Å². The average molecular weight is 858 g/mol. The summed E-state index contributed by atoms with van der Waals surface area (Å²) in [4.78, 5) is 33.8. The number of carbonyl (C=O) groups excluding carboxylic acids is 2. The summed E-state index contributed by atoms with van der Waals surface area (Å²) in [6, 6.07) is 28.8. The molecule has 2 heterocycles. The van der Waals surface area contributed by atoms with E-state index in [1.165, 1.54) is 34.5 Å². The zero-order valence-electron chi connectivity index (χ0n) is 32.3. The third-order valence-electron chi connectivity index (χ3n) is 8.13. The third-order valence-corrected chi connectivity index (χ3v) is 8.82. The Morgan fingerprint density at radius 3 is 1.57 bits per heavy atom. The molecule has 0 bridgehead atoms. The zero-order valence-corrected chi connectivity index (χ0v) is 33.9. The molecule has 0 aliphatic rings. The number of oxime groups is 2. The van der Waals surface area contributed by atoms with Crippen molar-refractivity contribution in [3.8, 4) is 11.1 Å². The minimum atomic E-state index is -1.42. The molecule has 4 aromatic carbocycles. The fourth-order valence-corrected chi connectivity index (χ4v) is 5.67. The maximum absolute atomic E-state index is 14.2. The lowest BCUT2D eigenvalue weighted by molar-refractivity contribution is 0.101. The van der Waals surface area contributed by atoms with Crippen LogP contribution < -0.4 is 16.1 Å². The Balaban J connectivity index is 0.000000207. The van der Waals surface area contributed by atoms with Gasteiger partial charge in [0.25, 0.3) is 11.8 Å². The van der Waals surface area contributed by atoms with E-state index in [4.69, 9.17) is 10.0 Å². The van der Waals surface area contributed by atoms with Crippen molar-refractivity contribution in [1.29, 1.82) is 0 Å². The van der Waals surface area contributed by atoms with Crippen LogP contribution in [0.3, 0.4) is 0 Å². The normalized spacial score (nSPS) is 10.7. The number of amides is 2. The molecule has 0 atom stereocenters. The molecule has 14 nitrogen and oxygen atoms in total. The SMILES string of the molecule is CO/N=C/c1ccc(-c2ccccc2NC(=O)c2c(C)nn(C)c2F)cc1.CO/N=C/c1ccc(B(O)O)cc1.Cc1nn(C)c(F)c1C(=O)Nc1ccccc1Br. The van der Waals surface area contributed by atoms with Crippen LogP contribution in [0.4, 0.5) is 20.2 Å². The van der Waals surface area contributed by atoms with Gasteiger partial charge in [0.1, 0.15) is 25.3 Å². The van der Waals surface area contributed by atoms with Crippen LogP contribution in [-0.4, -0.2) is 75.2 Å². The van der Waals surface area contributed by atoms with Gasteiger partial charge >= 0.3 is 7.12 Å². The van der Waals surface area contributed by atoms with E-state index in [-0.39, 0.29) is 11.1 Å². The van der Waals surface area contributed by atoms with Crippen molar-refractivity contribution in [1.82, 2.24) is 19.6 Å². The molecule has 0 radical (unpaired) electrons. The highest BCUT2D eigenvalue weighted by atomic mass is 79.9. The zero-order chi connectivity index (χ0) is 42.4. The molecule has 0 saturated carbocycles. The van der Waals surface area contributed by atoms with Crippen molar-refractivity contribution >= 4 is 64.1 Å². The predicted octanol–water partition coefficient (Wildman–Crippen LogP) is 6.00. The lowest BCUT2D eigenvalue weighted by Gasteiger charge is -2.11. The number of aromatic nitrogens is 4. The van der Waals surface area contributed by atoms with Crippen LogP contribution in [0.1, 0.15) is 43.2 Å². The number of benzene rings is 4. The van der Waals surface area contributed by atoms with E-state index in [0.29, 0.717) is 28.2 Å². The minimum Gasteiger partial charge on any atom is -0.423 e. The summed E-state index contributed by atoms with van der Waals surface area (Å²) in [5, 5.41) is 38.1. The number of para-hydroxylation sites is 2. The highest BCUT2D eigenvalue weighted by Gasteiger charge is 2.22. The molecule has 6 aromatic rings. The van der Waals surface area contributed by atoms with E-state index in [9.17, 15) is 18.4 Å². The molecule has 0 unspecified atom stereocenters. The summed E-state index contributed by atoms with van der Waals surface area (Å²) >= 11 is 3.31. The lowest BCUT2D eigenvalue weighted by atomic mass is 9.80. The minimum absolute atomic E-state index is 0.0340. The summed E-state index contributed by atoms with van der Waals surface area (Å²) in [5.41, 5.74) is 5.69. The molecule has 6 rings (SSSR count). The van der Waals surface area contributed by atoms with Crippen molar-refractivity contribution < 1.29 is 38.1 Å². The molecule has 0 spiro atoms. The van der Waals surface area contributed by atoms with Crippen molar-refractivity contribution in [3.63, 3.8) is 0 Å². The van der Waals surface area contributed by atoms with Gasteiger partial charge in [0.05, 0.1) is 29.5 Å². The molecule has 300 valence electrons. The van der Waals surface area contributed by atoms with Crippen molar-refractivity contribution in [3.05, 3.63) is 147 Å². The van der Waals surface area contributed by atoms with Gasteiger partial charge < -0.3 is 30.4 Å². The van der Waals surface area contributed by atoms with Crippen LogP contribution in [0, 0.1) is 25.7 Å². The number of nitrogens with zero attached hydrogens (tertiary/aromatic N) is 6. The first kappa shape index (κ1) is 44.2. The second-order valence-electron chi connectivity index (χ2n) is 12.2. The number of hydrogen-bond acceptors (Lipinski definition) is 10. The number of nitrogens with one attached hydrogen (secondary N) is 2. The smallest absolute Gasteiger partial charge is 0.423 e. The van der Waals surface area contributed by atoms with E-state index in [2.05, 4.69) is 56.7 Å². The highest BCUT2D eigenvalue weighted by molar-refractivity contribution is 9.10. The van der Waals surface area contributed by atoms with Gasteiger partial charge in [0.2, 0.25) is 11.9 Å². The second kappa shape index (κ2) is 21.1. The summed E-state index contributed by atoms with van der Waals surface area (Å²) in [5.74, 6) is -2.35. The van der Waals surface area contributed by atoms with Crippen LogP contribution in [0.2, 0.25) is 0 Å². The quantitative estimate of drug-likeness (QED) is 0.0737. The molecule has 0 aliphatic carbocycles. The van der Waals surface area contributed by atoms with Crippen LogP contribution in [0.5, 0.6) is 0 Å². The molecule has 2 aromatic heterocycles. The van der Waals surface area contributed by atoms with Crippen molar-refractivity contribution in [2.45, 2.75) is 13.8 Å². The van der Waals surface area contributed by atoms with Crippen LogP contribution in [0.15, 0.2) is 112 Å². The number of halogens is 3. The number of aryl methyl sites for hydroxylation is 4. The Morgan fingerprint density at radius 2 is 1.14 bits per heavy atom. The molecule has 4 N–H and O–H groups in total.